The van der Waals surface area contributed by atoms with Crippen molar-refractivity contribution in [2.75, 3.05) is 6.61 Å². The second kappa shape index (κ2) is 13.1. The molecule has 0 aliphatic heterocycles. The van der Waals surface area contributed by atoms with Crippen molar-refractivity contribution in [3.63, 3.8) is 0 Å². The Bertz CT molecular complexity index is 1640. The zero-order chi connectivity index (χ0) is 34.2. The van der Waals surface area contributed by atoms with Gasteiger partial charge in [-0.15, -0.1) is 0 Å². The monoisotopic (exact) mass is 646 g/mol. The Balaban J connectivity index is 1.88. The van der Waals surface area contributed by atoms with Crippen LogP contribution in [0.2, 0.25) is 0 Å². The zero-order valence-corrected chi connectivity index (χ0v) is 31.2. The van der Waals surface area contributed by atoms with Gasteiger partial charge in [0.15, 0.2) is 0 Å². The summed E-state index contributed by atoms with van der Waals surface area (Å²) in [6.45, 7) is 29.4. The Kier molecular flexibility index (Phi) is 10.2. The van der Waals surface area contributed by atoms with E-state index in [0.29, 0.717) is 6.54 Å². The van der Waals surface area contributed by atoms with Crippen molar-refractivity contribution in [1.82, 2.24) is 10.6 Å². The molecule has 2 N–H and O–H groups in total. The molecule has 1 atom stereocenters. The van der Waals surface area contributed by atoms with E-state index in [1.165, 1.54) is 11.1 Å². The van der Waals surface area contributed by atoms with Crippen LogP contribution in [0.4, 0.5) is 4.79 Å². The largest absolute Gasteiger partial charge is 0.399 e. The average Bonchev–Trinajstić information content (AvgIpc) is 3.09. The fourth-order valence-electron chi connectivity index (χ4n) is 5.32. The quantitative estimate of drug-likeness (QED) is 0.219. The molecule has 1 heterocycles. The molecule has 4 rings (SSSR count). The predicted molar refractivity (Wildman–Crippen MR) is 194 cm³/mol. The molecule has 0 saturated heterocycles. The van der Waals surface area contributed by atoms with Crippen LogP contribution < -0.4 is 15.2 Å². The van der Waals surface area contributed by atoms with Gasteiger partial charge in [-0.25, -0.2) is 4.79 Å². The first-order chi connectivity index (χ1) is 21.1. The third-order valence-electron chi connectivity index (χ3n) is 8.25. The molecule has 0 saturated carbocycles. The first-order valence-electron chi connectivity index (χ1n) is 16.4. The second-order valence-corrected chi connectivity index (χ2v) is 17.8. The Hall–Kier alpha value is -3.21. The first kappa shape index (κ1) is 35.6. The topological polar surface area (TPSA) is 76.6 Å². The van der Waals surface area contributed by atoms with Crippen LogP contribution in [-0.2, 0) is 28.2 Å². The van der Waals surface area contributed by atoms with Crippen molar-refractivity contribution in [1.29, 1.82) is 0 Å². The van der Waals surface area contributed by atoms with Crippen LogP contribution in [0.25, 0.3) is 21.9 Å². The summed E-state index contributed by atoms with van der Waals surface area (Å²) < 4.78 is 20.0. The third-order valence-corrected chi connectivity index (χ3v) is 9.27. The molecule has 46 heavy (non-hydrogen) atoms. The highest BCUT2D eigenvalue weighted by Crippen LogP contribution is 2.45. The summed E-state index contributed by atoms with van der Waals surface area (Å²) in [7, 11) is -1.85. The van der Waals surface area contributed by atoms with Gasteiger partial charge in [0.2, 0.25) is 0 Å². The fourth-order valence-corrected chi connectivity index (χ4v) is 6.50. The number of urea groups is 1. The van der Waals surface area contributed by atoms with Crippen molar-refractivity contribution in [2.24, 2.45) is 0 Å². The summed E-state index contributed by atoms with van der Waals surface area (Å²) in [5, 5.41) is 7.97. The standard InChI is InChI=1S/C39H55N2O4P/c1-25(41-35(42)40-23-26-17-15-14-16-18-26)24-43-46-44-33-29(19-27(36(2,3)4)21-31(33)38(8,9)10)30-20-28(37(5,6)7)22-32(34(30)45-46)39(11,12)13/h14-22,25H,23-24H2,1-13H3,(H2,40,41,42)/t25-/m0/s1. The van der Waals surface area contributed by atoms with Gasteiger partial charge < -0.3 is 19.0 Å². The van der Waals surface area contributed by atoms with Gasteiger partial charge in [-0.3, -0.25) is 4.52 Å². The molecule has 0 bridgehead atoms. The number of carbonyl (C=O) groups is 1. The highest BCUT2D eigenvalue weighted by atomic mass is 31.1. The molecule has 2 amide bonds. The molecule has 3 aromatic carbocycles. The van der Waals surface area contributed by atoms with Gasteiger partial charge in [-0.2, -0.15) is 0 Å². The van der Waals surface area contributed by atoms with Gasteiger partial charge in [-0.1, -0.05) is 126 Å². The molecule has 0 aliphatic rings. The lowest BCUT2D eigenvalue weighted by atomic mass is 9.77. The van der Waals surface area contributed by atoms with Gasteiger partial charge in [0.1, 0.15) is 11.2 Å². The van der Waals surface area contributed by atoms with Crippen molar-refractivity contribution in [3.05, 3.63) is 82.4 Å². The minimum absolute atomic E-state index is 0.0692. The zero-order valence-electron chi connectivity index (χ0n) is 30.3. The fraction of sp³-hybridized carbons (Fsp3) is 0.513. The van der Waals surface area contributed by atoms with E-state index in [9.17, 15) is 4.79 Å². The summed E-state index contributed by atoms with van der Waals surface area (Å²) in [5.74, 6) is 0. The van der Waals surface area contributed by atoms with Crippen LogP contribution in [0.3, 0.4) is 0 Å². The molecule has 1 aromatic heterocycles. The number of hydrogen-bond donors (Lipinski definition) is 2. The summed E-state index contributed by atoms with van der Waals surface area (Å²) in [6.07, 6.45) is 0. The average molecular weight is 647 g/mol. The van der Waals surface area contributed by atoms with Gasteiger partial charge in [0.25, 0.3) is 0 Å². The molecule has 250 valence electrons. The number of benzene rings is 3. The molecule has 0 spiro atoms. The van der Waals surface area contributed by atoms with Crippen molar-refractivity contribution in [3.8, 4) is 0 Å². The summed E-state index contributed by atoms with van der Waals surface area (Å²) in [4.78, 5) is 12.7. The molecular weight excluding hydrogens is 591 g/mol. The number of nitrogens with one attached hydrogen (secondary N) is 2. The van der Waals surface area contributed by atoms with Gasteiger partial charge in [0.05, 0.1) is 12.6 Å². The summed E-state index contributed by atoms with van der Waals surface area (Å²) in [5.41, 5.74) is 6.84. The Morgan fingerprint density at radius 2 is 1.17 bits per heavy atom. The van der Waals surface area contributed by atoms with Crippen LogP contribution in [0.1, 0.15) is 118 Å². The summed E-state index contributed by atoms with van der Waals surface area (Å²) in [6, 6.07) is 18.5. The normalized spacial score (nSPS) is 13.6. The Morgan fingerprint density at radius 1 is 0.717 bits per heavy atom. The van der Waals surface area contributed by atoms with E-state index in [2.05, 4.69) is 118 Å². The van der Waals surface area contributed by atoms with E-state index in [0.717, 1.165) is 38.6 Å². The smallest absolute Gasteiger partial charge is 0.387 e. The highest BCUT2D eigenvalue weighted by Gasteiger charge is 2.29. The number of hydrogen-bond acceptors (Lipinski definition) is 4. The van der Waals surface area contributed by atoms with Crippen LogP contribution in [0.5, 0.6) is 0 Å². The van der Waals surface area contributed by atoms with Crippen LogP contribution >= 0.6 is 8.24 Å². The van der Waals surface area contributed by atoms with E-state index in [1.807, 2.05) is 37.3 Å². The molecule has 7 heteroatoms. The van der Waals surface area contributed by atoms with Crippen molar-refractivity contribution < 1.29 is 17.7 Å². The van der Waals surface area contributed by atoms with Crippen molar-refractivity contribution >= 4 is 36.2 Å². The molecule has 0 fully saturated rings. The van der Waals surface area contributed by atoms with Gasteiger partial charge in [0, 0.05) is 28.4 Å². The molecular formula is C39H55N2O4P. The van der Waals surface area contributed by atoms with E-state index >= 15 is 0 Å². The highest BCUT2D eigenvalue weighted by molar-refractivity contribution is 7.31. The maximum atomic E-state index is 12.7. The molecule has 6 nitrogen and oxygen atoms in total. The summed E-state index contributed by atoms with van der Waals surface area (Å²) >= 11 is 0. The maximum absolute atomic E-state index is 12.7. The number of carbonyl (C=O) groups excluding carboxylic acids is 1. The number of fused-ring (bicyclic) bond motifs is 3. The maximum Gasteiger partial charge on any atom is 0.387 e. The number of rotatable bonds is 6. The van der Waals surface area contributed by atoms with Crippen molar-refractivity contribution in [2.45, 2.75) is 124 Å². The van der Waals surface area contributed by atoms with Gasteiger partial charge >= 0.3 is 14.3 Å². The Morgan fingerprint density at radius 3 is 1.59 bits per heavy atom. The molecule has 0 radical (unpaired) electrons. The second-order valence-electron chi connectivity index (χ2n) is 16.7. The van der Waals surface area contributed by atoms with Crippen LogP contribution in [0, 0.1) is 0 Å². The van der Waals surface area contributed by atoms with Gasteiger partial charge in [-0.05, 0) is 57.4 Å². The minimum Gasteiger partial charge on any atom is -0.399 e. The third kappa shape index (κ3) is 8.57. The minimum atomic E-state index is -1.85. The SMILES string of the molecule is C[C@@H](COp1oc2c(C(C)(C)C)cc(C(C)(C)C)cc2c2cc(C(C)(C)C)cc(C(C)(C)C)c2o1)NC(=O)NCc1ccccc1. The molecule has 4 aromatic rings. The number of amides is 2. The lowest BCUT2D eigenvalue weighted by molar-refractivity contribution is 0.232. The molecule has 0 unspecified atom stereocenters. The van der Waals surface area contributed by atoms with Crippen LogP contribution in [0.15, 0.2) is 63.0 Å². The molecule has 0 aliphatic carbocycles. The van der Waals surface area contributed by atoms with E-state index < -0.39 is 8.24 Å². The Labute approximate surface area is 277 Å². The van der Waals surface area contributed by atoms with Crippen LogP contribution in [-0.4, -0.2) is 18.7 Å². The lowest BCUT2D eigenvalue weighted by Crippen LogP contribution is -2.42. The van der Waals surface area contributed by atoms with E-state index in [4.69, 9.17) is 12.9 Å². The first-order valence-corrected chi connectivity index (χ1v) is 17.5. The van der Waals surface area contributed by atoms with E-state index in [-0.39, 0.29) is 40.3 Å². The van der Waals surface area contributed by atoms with E-state index in [1.54, 1.807) is 0 Å². The lowest BCUT2D eigenvalue weighted by Gasteiger charge is -2.27. The predicted octanol–water partition coefficient (Wildman–Crippen LogP) is 10.8.